The molecule has 7 nitrogen and oxygen atoms in total. The van der Waals surface area contributed by atoms with Gasteiger partial charge in [-0.15, -0.1) is 27.0 Å². The average molecular weight is 399 g/mol. The maximum atomic E-state index is 12.1. The number of carbonyl (C=O) groups excluding carboxylic acids is 1. The van der Waals surface area contributed by atoms with E-state index in [2.05, 4.69) is 46.1 Å². The van der Waals surface area contributed by atoms with Crippen LogP contribution in [0.1, 0.15) is 26.6 Å². The summed E-state index contributed by atoms with van der Waals surface area (Å²) >= 11 is 4.41. The van der Waals surface area contributed by atoms with Crippen LogP contribution >= 0.6 is 34.9 Å². The molecule has 0 bridgehead atoms. The Kier molecular flexibility index (Phi) is 7.91. The second-order valence-corrected chi connectivity index (χ2v) is 8.75. The third-order valence-corrected chi connectivity index (χ3v) is 6.31. The Labute approximate surface area is 160 Å². The van der Waals surface area contributed by atoms with Gasteiger partial charge in [0, 0.05) is 18.7 Å². The first-order chi connectivity index (χ1) is 12.0. The van der Waals surface area contributed by atoms with Crippen LogP contribution in [-0.2, 0) is 17.8 Å². The molecule has 2 aromatic rings. The highest BCUT2D eigenvalue weighted by Crippen LogP contribution is 2.27. The van der Waals surface area contributed by atoms with Crippen molar-refractivity contribution in [2.45, 2.75) is 43.2 Å². The monoisotopic (exact) mass is 398 g/mol. The zero-order valence-corrected chi connectivity index (χ0v) is 17.0. The highest BCUT2D eigenvalue weighted by Gasteiger charge is 2.14. The number of aromatic nitrogens is 5. The van der Waals surface area contributed by atoms with Crippen LogP contribution in [0.2, 0.25) is 0 Å². The van der Waals surface area contributed by atoms with Crippen LogP contribution < -0.4 is 5.32 Å². The molecular weight excluding hydrogens is 376 g/mol. The van der Waals surface area contributed by atoms with Crippen molar-refractivity contribution in [1.82, 2.24) is 25.0 Å². The van der Waals surface area contributed by atoms with Gasteiger partial charge in [0.1, 0.15) is 5.82 Å². The van der Waals surface area contributed by atoms with Crippen LogP contribution in [0.5, 0.6) is 0 Å². The number of carbonyl (C=O) groups is 1. The van der Waals surface area contributed by atoms with Crippen LogP contribution in [-0.4, -0.2) is 42.4 Å². The molecule has 1 amide bonds. The van der Waals surface area contributed by atoms with Gasteiger partial charge in [-0.25, -0.2) is 0 Å². The lowest BCUT2D eigenvalue weighted by molar-refractivity contribution is -0.113. The molecule has 0 fully saturated rings. The molecule has 2 heterocycles. The van der Waals surface area contributed by atoms with E-state index in [0.717, 1.165) is 27.5 Å². The largest absolute Gasteiger partial charge is 0.302 e. The first kappa shape index (κ1) is 19.9. The molecule has 0 atom stereocenters. The minimum absolute atomic E-state index is 0.132. The normalized spacial score (nSPS) is 11.0. The summed E-state index contributed by atoms with van der Waals surface area (Å²) in [7, 11) is 0. The van der Waals surface area contributed by atoms with E-state index in [0.29, 0.717) is 17.6 Å². The minimum atomic E-state index is -0.132. The van der Waals surface area contributed by atoms with Crippen LogP contribution in [0.15, 0.2) is 22.2 Å². The SMILES string of the molecule is C=CCn1c(CC)nnc1SCC(=O)Nc1nnc(SCC(C)C)s1. The van der Waals surface area contributed by atoms with Gasteiger partial charge in [0.15, 0.2) is 9.50 Å². The lowest BCUT2D eigenvalue weighted by Crippen LogP contribution is -2.14. The maximum absolute atomic E-state index is 12.1. The summed E-state index contributed by atoms with van der Waals surface area (Å²) < 4.78 is 2.84. The van der Waals surface area contributed by atoms with Gasteiger partial charge in [0.05, 0.1) is 5.75 Å². The van der Waals surface area contributed by atoms with E-state index < -0.39 is 0 Å². The number of rotatable bonds is 10. The third kappa shape index (κ3) is 6.12. The fraction of sp³-hybridized carbons (Fsp3) is 0.533. The molecule has 0 aromatic carbocycles. The molecule has 0 aliphatic heterocycles. The van der Waals surface area contributed by atoms with Gasteiger partial charge in [-0.05, 0) is 5.92 Å². The lowest BCUT2D eigenvalue weighted by atomic mass is 10.3. The van der Waals surface area contributed by atoms with Crippen molar-refractivity contribution < 1.29 is 4.79 Å². The third-order valence-electron chi connectivity index (χ3n) is 2.95. The Morgan fingerprint density at radius 2 is 2.12 bits per heavy atom. The summed E-state index contributed by atoms with van der Waals surface area (Å²) in [6.45, 7) is 10.7. The number of nitrogens with one attached hydrogen (secondary N) is 1. The van der Waals surface area contributed by atoms with E-state index in [1.54, 1.807) is 17.8 Å². The topological polar surface area (TPSA) is 85.6 Å². The van der Waals surface area contributed by atoms with Gasteiger partial charge in [0.2, 0.25) is 11.0 Å². The maximum Gasteiger partial charge on any atom is 0.236 e. The first-order valence-electron chi connectivity index (χ1n) is 7.95. The van der Waals surface area contributed by atoms with Crippen molar-refractivity contribution in [2.24, 2.45) is 5.92 Å². The lowest BCUT2D eigenvalue weighted by Gasteiger charge is -2.06. The summed E-state index contributed by atoms with van der Waals surface area (Å²) in [6, 6.07) is 0. The zero-order valence-electron chi connectivity index (χ0n) is 14.6. The summed E-state index contributed by atoms with van der Waals surface area (Å²) in [5.41, 5.74) is 0. The van der Waals surface area contributed by atoms with E-state index in [4.69, 9.17) is 0 Å². The van der Waals surface area contributed by atoms with Crippen LogP contribution in [0.3, 0.4) is 0 Å². The predicted octanol–water partition coefficient (Wildman–Crippen LogP) is 3.36. The first-order valence-corrected chi connectivity index (χ1v) is 10.7. The molecule has 136 valence electrons. The summed E-state index contributed by atoms with van der Waals surface area (Å²) in [5.74, 6) is 2.57. The standard InChI is InChI=1S/C15H22N6OS3/c1-5-7-21-11(6-2)17-19-14(21)23-9-12(22)16-13-18-20-15(25-13)24-8-10(3)4/h5,10H,1,6-9H2,2-4H3,(H,16,18,22). The molecule has 0 saturated carbocycles. The van der Waals surface area contributed by atoms with Gasteiger partial charge in [-0.1, -0.05) is 61.7 Å². The van der Waals surface area contributed by atoms with Gasteiger partial charge in [-0.3, -0.25) is 10.1 Å². The fourth-order valence-corrected chi connectivity index (χ4v) is 4.35. The highest BCUT2D eigenvalue weighted by molar-refractivity contribution is 8.01. The van der Waals surface area contributed by atoms with Crippen molar-refractivity contribution in [3.63, 3.8) is 0 Å². The van der Waals surface area contributed by atoms with Gasteiger partial charge < -0.3 is 4.57 Å². The highest BCUT2D eigenvalue weighted by atomic mass is 32.2. The number of thioether (sulfide) groups is 2. The molecule has 1 N–H and O–H groups in total. The smallest absolute Gasteiger partial charge is 0.236 e. The second kappa shape index (κ2) is 9.93. The molecule has 0 aliphatic carbocycles. The van der Waals surface area contributed by atoms with E-state index >= 15 is 0 Å². The predicted molar refractivity (Wildman–Crippen MR) is 104 cm³/mol. The Balaban J connectivity index is 1.87. The summed E-state index contributed by atoms with van der Waals surface area (Å²) in [6.07, 6.45) is 2.58. The molecule has 0 unspecified atom stereocenters. The fourth-order valence-electron chi connectivity index (χ4n) is 1.84. The van der Waals surface area contributed by atoms with Crippen molar-refractivity contribution in [3.05, 3.63) is 18.5 Å². The zero-order chi connectivity index (χ0) is 18.2. The van der Waals surface area contributed by atoms with E-state index in [-0.39, 0.29) is 11.7 Å². The Hall–Kier alpha value is -1.39. The molecule has 0 aliphatic rings. The van der Waals surface area contributed by atoms with Gasteiger partial charge in [0.25, 0.3) is 0 Å². The number of hydrogen-bond donors (Lipinski definition) is 1. The van der Waals surface area contributed by atoms with Crippen LogP contribution in [0, 0.1) is 5.92 Å². The van der Waals surface area contributed by atoms with Crippen molar-refractivity contribution in [1.29, 1.82) is 0 Å². The van der Waals surface area contributed by atoms with Gasteiger partial charge >= 0.3 is 0 Å². The quantitative estimate of drug-likeness (QED) is 0.373. The molecule has 2 aromatic heterocycles. The number of hydrogen-bond acceptors (Lipinski definition) is 8. The summed E-state index contributed by atoms with van der Waals surface area (Å²) in [5, 5.41) is 20.4. The minimum Gasteiger partial charge on any atom is -0.302 e. The number of aryl methyl sites for hydroxylation is 1. The summed E-state index contributed by atoms with van der Waals surface area (Å²) in [4.78, 5) is 12.1. The van der Waals surface area contributed by atoms with E-state index in [1.807, 2.05) is 11.5 Å². The number of nitrogens with zero attached hydrogens (tertiary/aromatic N) is 5. The number of anilines is 1. The van der Waals surface area contributed by atoms with E-state index in [1.165, 1.54) is 23.1 Å². The second-order valence-electron chi connectivity index (χ2n) is 5.57. The number of amides is 1. The van der Waals surface area contributed by atoms with Crippen molar-refractivity contribution in [2.75, 3.05) is 16.8 Å². The molecule has 0 radical (unpaired) electrons. The van der Waals surface area contributed by atoms with Crippen molar-refractivity contribution >= 4 is 45.9 Å². The Morgan fingerprint density at radius 1 is 1.32 bits per heavy atom. The van der Waals surface area contributed by atoms with Gasteiger partial charge in [-0.2, -0.15) is 0 Å². The molecule has 0 spiro atoms. The molecule has 25 heavy (non-hydrogen) atoms. The molecule has 2 rings (SSSR count). The van der Waals surface area contributed by atoms with Crippen LogP contribution in [0.25, 0.3) is 0 Å². The Morgan fingerprint density at radius 3 is 2.80 bits per heavy atom. The van der Waals surface area contributed by atoms with E-state index in [9.17, 15) is 4.79 Å². The number of allylic oxidation sites excluding steroid dienone is 1. The molecular formula is C15H22N6OS3. The molecule has 10 heteroatoms. The Bertz CT molecular complexity index is 712. The van der Waals surface area contributed by atoms with Crippen LogP contribution in [0.4, 0.5) is 5.13 Å². The average Bonchev–Trinajstić information content (AvgIpc) is 3.18. The molecule has 0 saturated heterocycles. The van der Waals surface area contributed by atoms with Crippen molar-refractivity contribution in [3.8, 4) is 0 Å².